The van der Waals surface area contributed by atoms with Crippen LogP contribution in [0.15, 0.2) is 81.7 Å². The SMILES string of the molecule is CCOC(=O)C1=C(C)N=c2sc(=Cc3ccc(OC)c4ccccc34)c(=O)n2[C@@H]1c1ccc(C)cc1. The van der Waals surface area contributed by atoms with Gasteiger partial charge in [-0.1, -0.05) is 71.5 Å². The van der Waals surface area contributed by atoms with Crippen LogP contribution in [0.4, 0.5) is 0 Å². The van der Waals surface area contributed by atoms with Crippen LogP contribution in [0.2, 0.25) is 0 Å². The van der Waals surface area contributed by atoms with Crippen molar-refractivity contribution in [3.05, 3.63) is 108 Å². The monoisotopic (exact) mass is 498 g/mol. The highest BCUT2D eigenvalue weighted by molar-refractivity contribution is 7.07. The number of aryl methyl sites for hydroxylation is 1. The van der Waals surface area contributed by atoms with Gasteiger partial charge in [-0.25, -0.2) is 9.79 Å². The molecule has 0 saturated carbocycles. The Morgan fingerprint density at radius 3 is 2.47 bits per heavy atom. The average molecular weight is 499 g/mol. The highest BCUT2D eigenvalue weighted by Crippen LogP contribution is 2.31. The van der Waals surface area contributed by atoms with Gasteiger partial charge >= 0.3 is 5.97 Å². The van der Waals surface area contributed by atoms with Crippen molar-refractivity contribution < 1.29 is 14.3 Å². The summed E-state index contributed by atoms with van der Waals surface area (Å²) in [5.41, 5.74) is 3.58. The third kappa shape index (κ3) is 4.05. The van der Waals surface area contributed by atoms with Gasteiger partial charge in [0.05, 0.1) is 35.6 Å². The van der Waals surface area contributed by atoms with Crippen LogP contribution in [-0.2, 0) is 9.53 Å². The second-order valence-electron chi connectivity index (χ2n) is 8.62. The number of allylic oxidation sites excluding steroid dienone is 1. The number of nitrogens with zero attached hydrogens (tertiary/aromatic N) is 2. The quantitative estimate of drug-likeness (QED) is 0.386. The Balaban J connectivity index is 1.75. The van der Waals surface area contributed by atoms with Gasteiger partial charge < -0.3 is 9.47 Å². The molecule has 36 heavy (non-hydrogen) atoms. The number of benzene rings is 3. The van der Waals surface area contributed by atoms with Crippen LogP contribution in [0.25, 0.3) is 16.8 Å². The second-order valence-corrected chi connectivity index (χ2v) is 9.62. The first-order valence-corrected chi connectivity index (χ1v) is 12.6. The van der Waals surface area contributed by atoms with Crippen molar-refractivity contribution in [2.75, 3.05) is 13.7 Å². The lowest BCUT2D eigenvalue weighted by molar-refractivity contribution is -0.139. The Hall–Kier alpha value is -3.97. The molecule has 4 aromatic rings. The van der Waals surface area contributed by atoms with Crippen molar-refractivity contribution >= 4 is 34.2 Å². The Morgan fingerprint density at radius 2 is 1.78 bits per heavy atom. The molecule has 182 valence electrons. The van der Waals surface area contributed by atoms with Gasteiger partial charge in [0.1, 0.15) is 5.75 Å². The minimum Gasteiger partial charge on any atom is -0.496 e. The Bertz CT molecular complexity index is 1690. The fraction of sp³-hybridized carbons (Fsp3) is 0.207. The first kappa shape index (κ1) is 23.8. The zero-order valence-electron chi connectivity index (χ0n) is 20.6. The van der Waals surface area contributed by atoms with E-state index in [0.717, 1.165) is 33.2 Å². The van der Waals surface area contributed by atoms with Gasteiger partial charge in [0.15, 0.2) is 4.80 Å². The summed E-state index contributed by atoms with van der Waals surface area (Å²) in [6.07, 6.45) is 1.89. The zero-order valence-corrected chi connectivity index (χ0v) is 21.4. The lowest BCUT2D eigenvalue weighted by atomic mass is 9.95. The van der Waals surface area contributed by atoms with Crippen molar-refractivity contribution in [1.29, 1.82) is 0 Å². The first-order valence-electron chi connectivity index (χ1n) is 11.7. The van der Waals surface area contributed by atoms with E-state index in [9.17, 15) is 9.59 Å². The summed E-state index contributed by atoms with van der Waals surface area (Å²) in [5.74, 6) is 0.318. The van der Waals surface area contributed by atoms with Gasteiger partial charge in [-0.2, -0.15) is 0 Å². The number of carbonyl (C=O) groups is 1. The molecule has 0 radical (unpaired) electrons. The summed E-state index contributed by atoms with van der Waals surface area (Å²) in [5, 5.41) is 1.96. The van der Waals surface area contributed by atoms with Crippen LogP contribution in [0.1, 0.15) is 36.6 Å². The molecule has 0 amide bonds. The van der Waals surface area contributed by atoms with Crippen molar-refractivity contribution in [2.24, 2.45) is 4.99 Å². The molecule has 0 bridgehead atoms. The highest BCUT2D eigenvalue weighted by atomic mass is 32.1. The van der Waals surface area contributed by atoms with Crippen LogP contribution in [0, 0.1) is 6.92 Å². The van der Waals surface area contributed by atoms with E-state index in [1.807, 2.05) is 73.7 Å². The molecule has 0 aliphatic carbocycles. The Kier molecular flexibility index (Phi) is 6.33. The maximum atomic E-state index is 13.8. The molecule has 7 heteroatoms. The zero-order chi connectivity index (χ0) is 25.4. The molecule has 6 nitrogen and oxygen atoms in total. The predicted octanol–water partition coefficient (Wildman–Crippen LogP) is 4.27. The van der Waals surface area contributed by atoms with Gasteiger partial charge in [0.25, 0.3) is 5.56 Å². The third-order valence-corrected chi connectivity index (χ3v) is 7.32. The molecule has 0 saturated heterocycles. The molecular weight excluding hydrogens is 472 g/mol. The number of rotatable bonds is 5. The molecule has 1 atom stereocenters. The van der Waals surface area contributed by atoms with Crippen molar-refractivity contribution in [2.45, 2.75) is 26.8 Å². The van der Waals surface area contributed by atoms with E-state index in [1.54, 1.807) is 25.5 Å². The van der Waals surface area contributed by atoms with Crippen molar-refractivity contribution in [1.82, 2.24) is 4.57 Å². The maximum Gasteiger partial charge on any atom is 0.338 e. The van der Waals surface area contributed by atoms with Gasteiger partial charge in [-0.3, -0.25) is 9.36 Å². The summed E-state index contributed by atoms with van der Waals surface area (Å²) in [4.78, 5) is 32.1. The van der Waals surface area contributed by atoms with Crippen molar-refractivity contribution in [3.63, 3.8) is 0 Å². The van der Waals surface area contributed by atoms with E-state index in [1.165, 1.54) is 11.3 Å². The Morgan fingerprint density at radius 1 is 1.06 bits per heavy atom. The average Bonchev–Trinajstić information content (AvgIpc) is 3.18. The molecule has 0 fully saturated rings. The number of hydrogen-bond donors (Lipinski definition) is 0. The molecule has 1 aliphatic rings. The topological polar surface area (TPSA) is 69.9 Å². The summed E-state index contributed by atoms with van der Waals surface area (Å²) in [6.45, 7) is 5.80. The fourth-order valence-corrected chi connectivity index (χ4v) is 5.63. The van der Waals surface area contributed by atoms with Gasteiger partial charge in [-0.05, 0) is 49.4 Å². The smallest absolute Gasteiger partial charge is 0.338 e. The summed E-state index contributed by atoms with van der Waals surface area (Å²) in [6, 6.07) is 19.0. The minimum absolute atomic E-state index is 0.196. The Labute approximate surface area is 212 Å². The minimum atomic E-state index is -0.615. The van der Waals surface area contributed by atoms with Crippen LogP contribution < -0.4 is 19.6 Å². The molecule has 0 unspecified atom stereocenters. The lowest BCUT2D eigenvalue weighted by Crippen LogP contribution is -2.39. The van der Waals surface area contributed by atoms with Crippen LogP contribution >= 0.6 is 11.3 Å². The standard InChI is InChI=1S/C29H26N2O4S/c1-5-35-28(33)25-18(3)30-29-31(26(25)19-12-10-17(2)11-13-19)27(32)24(36-29)16-20-14-15-23(34-4)22-9-7-6-8-21(20)22/h6-16,26H,5H2,1-4H3/t26-/m1/s1. The molecule has 1 aliphatic heterocycles. The normalized spacial score (nSPS) is 15.6. The highest BCUT2D eigenvalue weighted by Gasteiger charge is 2.33. The summed E-state index contributed by atoms with van der Waals surface area (Å²) >= 11 is 1.32. The first-order chi connectivity index (χ1) is 17.4. The van der Waals surface area contributed by atoms with Crippen LogP contribution in [0.3, 0.4) is 0 Å². The molecule has 3 aromatic carbocycles. The van der Waals surface area contributed by atoms with E-state index in [0.29, 0.717) is 20.6 Å². The molecular formula is C29H26N2O4S. The largest absolute Gasteiger partial charge is 0.496 e. The van der Waals surface area contributed by atoms with E-state index < -0.39 is 12.0 Å². The number of carbonyl (C=O) groups excluding carboxylic acids is 1. The van der Waals surface area contributed by atoms with E-state index in [-0.39, 0.29) is 12.2 Å². The molecule has 0 N–H and O–H groups in total. The molecule has 1 aromatic heterocycles. The van der Waals surface area contributed by atoms with Crippen LogP contribution in [-0.4, -0.2) is 24.3 Å². The lowest BCUT2D eigenvalue weighted by Gasteiger charge is -2.24. The van der Waals surface area contributed by atoms with E-state index in [4.69, 9.17) is 9.47 Å². The number of esters is 1. The van der Waals surface area contributed by atoms with Gasteiger partial charge in [0, 0.05) is 5.39 Å². The summed E-state index contributed by atoms with van der Waals surface area (Å²) in [7, 11) is 1.65. The van der Waals surface area contributed by atoms with Gasteiger partial charge in [0.2, 0.25) is 0 Å². The van der Waals surface area contributed by atoms with E-state index >= 15 is 0 Å². The van der Waals surface area contributed by atoms with Crippen molar-refractivity contribution in [3.8, 4) is 5.75 Å². The number of methoxy groups -OCH3 is 1. The number of hydrogen-bond acceptors (Lipinski definition) is 6. The number of ether oxygens (including phenoxy) is 2. The number of fused-ring (bicyclic) bond motifs is 2. The van der Waals surface area contributed by atoms with E-state index in [2.05, 4.69) is 4.99 Å². The number of thiazole rings is 1. The second kappa shape index (κ2) is 9.59. The molecule has 5 rings (SSSR count). The van der Waals surface area contributed by atoms with Crippen LogP contribution in [0.5, 0.6) is 5.75 Å². The third-order valence-electron chi connectivity index (χ3n) is 6.33. The molecule has 0 spiro atoms. The number of aromatic nitrogens is 1. The predicted molar refractivity (Wildman–Crippen MR) is 142 cm³/mol. The molecule has 2 heterocycles. The maximum absolute atomic E-state index is 13.8. The van der Waals surface area contributed by atoms with Gasteiger partial charge in [-0.15, -0.1) is 0 Å². The fourth-order valence-electron chi connectivity index (χ4n) is 4.60. The summed E-state index contributed by atoms with van der Waals surface area (Å²) < 4.78 is 13.0.